The largest absolute Gasteiger partial charge is 0.344 e. The van der Waals surface area contributed by atoms with Gasteiger partial charge in [0.2, 0.25) is 11.8 Å². The Kier molecular flexibility index (Phi) is 5.84. The van der Waals surface area contributed by atoms with Crippen molar-refractivity contribution in [2.45, 2.75) is 38.6 Å². The van der Waals surface area contributed by atoms with Crippen molar-refractivity contribution in [1.82, 2.24) is 10.2 Å². The van der Waals surface area contributed by atoms with Gasteiger partial charge in [0.1, 0.15) is 11.9 Å². The number of carbonyl (C=O) groups is 3. The average Bonchev–Trinajstić information content (AvgIpc) is 2.82. The van der Waals surface area contributed by atoms with E-state index in [-0.39, 0.29) is 30.0 Å². The number of hydrogen-bond donors (Lipinski definition) is 1. The molecule has 0 aromatic heterocycles. The molecule has 1 N–H and O–H groups in total. The van der Waals surface area contributed by atoms with Gasteiger partial charge in [-0.1, -0.05) is 12.1 Å². The number of benzene rings is 1. The number of Topliss-reactive ketones (excluding diaryl/α,β-unsaturated/α-hetero) is 1. The fraction of sp³-hybridized carbons (Fsp3) is 0.471. The molecule has 1 fully saturated rings. The van der Waals surface area contributed by atoms with Crippen LogP contribution in [0.4, 0.5) is 4.39 Å². The highest BCUT2D eigenvalue weighted by molar-refractivity contribution is 5.92. The van der Waals surface area contributed by atoms with Gasteiger partial charge in [-0.05, 0) is 37.0 Å². The topological polar surface area (TPSA) is 66.5 Å². The van der Waals surface area contributed by atoms with E-state index in [1.54, 1.807) is 12.1 Å². The third-order valence-corrected chi connectivity index (χ3v) is 3.88. The summed E-state index contributed by atoms with van der Waals surface area (Å²) >= 11 is 0. The summed E-state index contributed by atoms with van der Waals surface area (Å²) in [6.07, 6.45) is 2.29. The van der Waals surface area contributed by atoms with E-state index < -0.39 is 6.04 Å². The highest BCUT2D eigenvalue weighted by Gasteiger charge is 2.32. The molecule has 0 spiro atoms. The van der Waals surface area contributed by atoms with E-state index in [0.717, 1.165) is 5.56 Å². The van der Waals surface area contributed by atoms with E-state index in [9.17, 15) is 18.8 Å². The van der Waals surface area contributed by atoms with E-state index >= 15 is 0 Å². The van der Waals surface area contributed by atoms with E-state index in [1.807, 2.05) is 0 Å². The van der Waals surface area contributed by atoms with Crippen LogP contribution in [0.2, 0.25) is 0 Å². The van der Waals surface area contributed by atoms with E-state index in [0.29, 0.717) is 32.2 Å². The molecule has 0 radical (unpaired) electrons. The Hall–Kier alpha value is -2.24. The fourth-order valence-electron chi connectivity index (χ4n) is 2.71. The van der Waals surface area contributed by atoms with Gasteiger partial charge in [0, 0.05) is 19.9 Å². The Bertz CT molecular complexity index is 586. The molecule has 1 aromatic rings. The Balaban J connectivity index is 1.71. The van der Waals surface area contributed by atoms with Crippen LogP contribution >= 0.6 is 0 Å². The first kappa shape index (κ1) is 17.1. The molecule has 0 saturated carbocycles. The summed E-state index contributed by atoms with van der Waals surface area (Å²) in [6, 6.07) is 5.73. The van der Waals surface area contributed by atoms with Gasteiger partial charge in [-0.3, -0.25) is 14.4 Å². The predicted octanol–water partition coefficient (Wildman–Crippen LogP) is 1.45. The van der Waals surface area contributed by atoms with Crippen LogP contribution in [0, 0.1) is 5.82 Å². The lowest BCUT2D eigenvalue weighted by Gasteiger charge is -2.16. The van der Waals surface area contributed by atoms with Crippen molar-refractivity contribution in [3.8, 4) is 0 Å². The first-order chi connectivity index (χ1) is 11.0. The van der Waals surface area contributed by atoms with Crippen molar-refractivity contribution < 1.29 is 18.8 Å². The first-order valence-electron chi connectivity index (χ1n) is 7.78. The summed E-state index contributed by atoms with van der Waals surface area (Å²) in [5, 5.41) is 2.59. The Morgan fingerprint density at radius 3 is 2.65 bits per heavy atom. The van der Waals surface area contributed by atoms with Crippen LogP contribution in [0.15, 0.2) is 24.3 Å². The van der Waals surface area contributed by atoms with Crippen molar-refractivity contribution in [1.29, 1.82) is 0 Å². The summed E-state index contributed by atoms with van der Waals surface area (Å²) in [5.41, 5.74) is 0.988. The number of ketones is 1. The van der Waals surface area contributed by atoms with Crippen LogP contribution in [0.3, 0.4) is 0 Å². The number of halogens is 1. The molecular formula is C17H21FN2O3. The van der Waals surface area contributed by atoms with Crippen molar-refractivity contribution in [3.63, 3.8) is 0 Å². The fourth-order valence-corrected chi connectivity index (χ4v) is 2.71. The van der Waals surface area contributed by atoms with Gasteiger partial charge in [-0.25, -0.2) is 4.39 Å². The summed E-state index contributed by atoms with van der Waals surface area (Å²) in [6.45, 7) is 1.96. The minimum atomic E-state index is -0.500. The number of amides is 2. The number of hydrogen-bond acceptors (Lipinski definition) is 3. The lowest BCUT2D eigenvalue weighted by Crippen LogP contribution is -2.41. The molecule has 0 unspecified atom stereocenters. The number of nitrogens with zero attached hydrogens (tertiary/aromatic N) is 1. The molecule has 1 aliphatic heterocycles. The predicted molar refractivity (Wildman–Crippen MR) is 83.1 cm³/mol. The summed E-state index contributed by atoms with van der Waals surface area (Å²) in [4.78, 5) is 36.5. The van der Waals surface area contributed by atoms with E-state index in [1.165, 1.54) is 24.0 Å². The minimum Gasteiger partial charge on any atom is -0.344 e. The van der Waals surface area contributed by atoms with Crippen LogP contribution in [0.25, 0.3) is 0 Å². The summed E-state index contributed by atoms with van der Waals surface area (Å²) < 4.78 is 12.8. The third kappa shape index (κ3) is 5.16. The molecule has 1 aliphatic rings. The van der Waals surface area contributed by atoms with Gasteiger partial charge in [-0.2, -0.15) is 0 Å². The lowest BCUT2D eigenvalue weighted by molar-refractivity contribution is -0.135. The molecule has 6 heteroatoms. The van der Waals surface area contributed by atoms with Crippen LogP contribution in [0.1, 0.15) is 31.7 Å². The van der Waals surface area contributed by atoms with Gasteiger partial charge >= 0.3 is 0 Å². The van der Waals surface area contributed by atoms with E-state index in [4.69, 9.17) is 0 Å². The zero-order chi connectivity index (χ0) is 16.8. The van der Waals surface area contributed by atoms with Crippen LogP contribution in [-0.2, 0) is 20.8 Å². The Labute approximate surface area is 134 Å². The van der Waals surface area contributed by atoms with Crippen molar-refractivity contribution in [2.24, 2.45) is 0 Å². The van der Waals surface area contributed by atoms with Crippen molar-refractivity contribution >= 4 is 17.6 Å². The molecule has 1 saturated heterocycles. The molecule has 0 aliphatic carbocycles. The number of likely N-dealkylation sites (tertiary alicyclic amines) is 1. The average molecular weight is 320 g/mol. The zero-order valence-electron chi connectivity index (χ0n) is 13.2. The van der Waals surface area contributed by atoms with Crippen molar-refractivity contribution in [3.05, 3.63) is 35.6 Å². The molecule has 5 nitrogen and oxygen atoms in total. The Morgan fingerprint density at radius 1 is 1.30 bits per heavy atom. The van der Waals surface area contributed by atoms with Crippen LogP contribution in [0.5, 0.6) is 0 Å². The standard InChI is InChI=1S/C17H21FN2O3/c1-12(21)19-16-9-10-20(17(16)23)11-15(22)4-2-3-13-5-7-14(18)8-6-13/h5-8,16H,2-4,9-11H2,1H3,(H,19,21)/t16-/m0/s1. The van der Waals surface area contributed by atoms with E-state index in [2.05, 4.69) is 5.32 Å². The zero-order valence-corrected chi connectivity index (χ0v) is 13.2. The third-order valence-electron chi connectivity index (χ3n) is 3.88. The summed E-state index contributed by atoms with van der Waals surface area (Å²) in [7, 11) is 0. The second-order valence-corrected chi connectivity index (χ2v) is 5.82. The number of carbonyl (C=O) groups excluding carboxylic acids is 3. The molecule has 1 heterocycles. The van der Waals surface area contributed by atoms with Gasteiger partial charge in [0.25, 0.3) is 0 Å². The van der Waals surface area contributed by atoms with Crippen molar-refractivity contribution in [2.75, 3.05) is 13.1 Å². The normalized spacial score (nSPS) is 17.4. The molecule has 1 atom stereocenters. The number of rotatable bonds is 7. The van der Waals surface area contributed by atoms with Gasteiger partial charge in [-0.15, -0.1) is 0 Å². The maximum Gasteiger partial charge on any atom is 0.245 e. The number of aryl methyl sites for hydroxylation is 1. The molecule has 23 heavy (non-hydrogen) atoms. The van der Waals surface area contributed by atoms with Gasteiger partial charge < -0.3 is 10.2 Å². The molecular weight excluding hydrogens is 299 g/mol. The molecule has 2 rings (SSSR count). The van der Waals surface area contributed by atoms with Gasteiger partial charge in [0.15, 0.2) is 5.78 Å². The number of nitrogens with one attached hydrogen (secondary N) is 1. The maximum atomic E-state index is 12.8. The highest BCUT2D eigenvalue weighted by atomic mass is 19.1. The monoisotopic (exact) mass is 320 g/mol. The SMILES string of the molecule is CC(=O)N[C@H]1CCN(CC(=O)CCCc2ccc(F)cc2)C1=O. The maximum absolute atomic E-state index is 12.8. The van der Waals surface area contributed by atoms with Crippen LogP contribution < -0.4 is 5.32 Å². The summed E-state index contributed by atoms with van der Waals surface area (Å²) in [5.74, 6) is -0.696. The molecule has 124 valence electrons. The molecule has 1 aromatic carbocycles. The molecule has 0 bridgehead atoms. The minimum absolute atomic E-state index is 0.00365. The quantitative estimate of drug-likeness (QED) is 0.827. The Morgan fingerprint density at radius 2 is 2.00 bits per heavy atom. The first-order valence-corrected chi connectivity index (χ1v) is 7.78. The molecule has 2 amide bonds. The highest BCUT2D eigenvalue weighted by Crippen LogP contribution is 2.12. The lowest BCUT2D eigenvalue weighted by atomic mass is 10.1. The second-order valence-electron chi connectivity index (χ2n) is 5.82. The van der Waals surface area contributed by atoms with Gasteiger partial charge in [0.05, 0.1) is 6.54 Å². The smallest absolute Gasteiger partial charge is 0.245 e. The van der Waals surface area contributed by atoms with Crippen LogP contribution in [-0.4, -0.2) is 41.6 Å². The second kappa shape index (κ2) is 7.85.